The highest BCUT2D eigenvalue weighted by molar-refractivity contribution is 6.33. The van der Waals surface area contributed by atoms with E-state index < -0.39 is 0 Å². The summed E-state index contributed by atoms with van der Waals surface area (Å²) in [6.07, 6.45) is 2.04. The normalized spacial score (nSPS) is 15.3. The van der Waals surface area contributed by atoms with Crippen LogP contribution in [0.4, 0.5) is 0 Å². The molecule has 0 saturated carbocycles. The summed E-state index contributed by atoms with van der Waals surface area (Å²) in [5, 5.41) is 8.28. The maximum atomic E-state index is 6.33. The lowest BCUT2D eigenvalue weighted by Crippen LogP contribution is -2.35. The van der Waals surface area contributed by atoms with Crippen molar-refractivity contribution in [1.29, 1.82) is 0 Å². The van der Waals surface area contributed by atoms with Crippen LogP contribution in [0.5, 0.6) is 0 Å². The standard InChI is InChI=1S/C21H20ClN5O/c22-16-6-2-1-5-15(16)17-13-18(25-24-17)21-23-19(14-26-9-11-28-12-10-26)20-7-3-4-8-27(20)21/h1-8,13H,9-12,14H2,(H,24,25). The Kier molecular flexibility index (Phi) is 4.60. The first-order valence-corrected chi connectivity index (χ1v) is 9.74. The molecule has 0 amide bonds. The first-order chi connectivity index (χ1) is 13.8. The molecule has 4 aromatic rings. The molecule has 0 radical (unpaired) electrons. The molecule has 0 unspecified atom stereocenters. The van der Waals surface area contributed by atoms with Crippen LogP contribution in [-0.4, -0.2) is 50.8 Å². The highest BCUT2D eigenvalue weighted by Gasteiger charge is 2.19. The van der Waals surface area contributed by atoms with Crippen molar-refractivity contribution in [3.63, 3.8) is 0 Å². The zero-order valence-electron chi connectivity index (χ0n) is 15.3. The van der Waals surface area contributed by atoms with Gasteiger partial charge in [-0.3, -0.25) is 14.4 Å². The molecule has 0 aliphatic carbocycles. The van der Waals surface area contributed by atoms with Crippen LogP contribution >= 0.6 is 11.6 Å². The van der Waals surface area contributed by atoms with E-state index in [-0.39, 0.29) is 0 Å². The van der Waals surface area contributed by atoms with E-state index in [1.165, 1.54) is 0 Å². The Morgan fingerprint density at radius 3 is 2.75 bits per heavy atom. The monoisotopic (exact) mass is 393 g/mol. The Morgan fingerprint density at radius 1 is 1.07 bits per heavy atom. The molecule has 1 aliphatic rings. The Balaban J connectivity index is 1.54. The second kappa shape index (κ2) is 7.39. The van der Waals surface area contributed by atoms with Crippen LogP contribution in [0.2, 0.25) is 5.02 Å². The molecular formula is C21H20ClN5O. The fraction of sp³-hybridized carbons (Fsp3) is 0.238. The maximum Gasteiger partial charge on any atom is 0.163 e. The van der Waals surface area contributed by atoms with Gasteiger partial charge in [-0.05, 0) is 24.3 Å². The molecule has 1 aliphatic heterocycles. The SMILES string of the molecule is Clc1ccccc1-c1cc(-c2nc(CN3CCOCC3)c3ccccn23)[nH]n1. The minimum absolute atomic E-state index is 0.682. The minimum atomic E-state index is 0.682. The molecule has 1 aromatic carbocycles. The number of hydrogen-bond donors (Lipinski definition) is 1. The van der Waals surface area contributed by atoms with E-state index in [9.17, 15) is 0 Å². The van der Waals surface area contributed by atoms with Gasteiger partial charge in [0.05, 0.1) is 35.1 Å². The van der Waals surface area contributed by atoms with Gasteiger partial charge in [-0.25, -0.2) is 4.98 Å². The lowest BCUT2D eigenvalue weighted by atomic mass is 10.1. The third kappa shape index (κ3) is 3.20. The van der Waals surface area contributed by atoms with Crippen molar-refractivity contribution < 1.29 is 4.74 Å². The van der Waals surface area contributed by atoms with Crippen molar-refractivity contribution in [2.24, 2.45) is 0 Å². The summed E-state index contributed by atoms with van der Waals surface area (Å²) in [5.41, 5.74) is 4.75. The Bertz CT molecular complexity index is 1110. The minimum Gasteiger partial charge on any atom is -0.379 e. The summed E-state index contributed by atoms with van der Waals surface area (Å²) >= 11 is 6.33. The molecule has 0 atom stereocenters. The number of nitrogens with one attached hydrogen (secondary N) is 1. The molecular weight excluding hydrogens is 374 g/mol. The lowest BCUT2D eigenvalue weighted by Gasteiger charge is -2.25. The molecule has 6 nitrogen and oxygen atoms in total. The van der Waals surface area contributed by atoms with Gasteiger partial charge >= 0.3 is 0 Å². The van der Waals surface area contributed by atoms with E-state index in [0.717, 1.165) is 66.8 Å². The van der Waals surface area contributed by atoms with Crippen molar-refractivity contribution in [3.8, 4) is 22.8 Å². The number of benzene rings is 1. The first-order valence-electron chi connectivity index (χ1n) is 9.36. The maximum absolute atomic E-state index is 6.33. The van der Waals surface area contributed by atoms with Gasteiger partial charge in [-0.1, -0.05) is 35.9 Å². The van der Waals surface area contributed by atoms with Crippen LogP contribution in [0.15, 0.2) is 54.7 Å². The average molecular weight is 394 g/mol. The van der Waals surface area contributed by atoms with Crippen LogP contribution in [0.3, 0.4) is 0 Å². The van der Waals surface area contributed by atoms with Crippen LogP contribution in [-0.2, 0) is 11.3 Å². The molecule has 4 heterocycles. The van der Waals surface area contributed by atoms with Gasteiger partial charge in [-0.15, -0.1) is 0 Å². The van der Waals surface area contributed by atoms with Crippen molar-refractivity contribution in [2.45, 2.75) is 6.54 Å². The summed E-state index contributed by atoms with van der Waals surface area (Å²) in [6, 6.07) is 15.9. The third-order valence-corrected chi connectivity index (χ3v) is 5.40. The van der Waals surface area contributed by atoms with E-state index in [2.05, 4.69) is 25.6 Å². The second-order valence-electron chi connectivity index (χ2n) is 6.87. The Hall–Kier alpha value is -2.67. The molecule has 5 rings (SSSR count). The van der Waals surface area contributed by atoms with Crippen molar-refractivity contribution in [3.05, 3.63) is 65.4 Å². The molecule has 1 N–H and O–H groups in total. The number of aromatic nitrogens is 4. The van der Waals surface area contributed by atoms with Gasteiger partial charge in [0.25, 0.3) is 0 Å². The highest BCUT2D eigenvalue weighted by atomic mass is 35.5. The number of H-pyrrole nitrogens is 1. The van der Waals surface area contributed by atoms with Crippen LogP contribution < -0.4 is 0 Å². The number of halogens is 1. The van der Waals surface area contributed by atoms with Gasteiger partial charge in [0.2, 0.25) is 0 Å². The molecule has 28 heavy (non-hydrogen) atoms. The molecule has 0 spiro atoms. The average Bonchev–Trinajstić information content (AvgIpc) is 3.35. The number of aromatic amines is 1. The summed E-state index contributed by atoms with van der Waals surface area (Å²) in [6.45, 7) is 4.23. The zero-order valence-corrected chi connectivity index (χ0v) is 16.1. The third-order valence-electron chi connectivity index (χ3n) is 5.07. The second-order valence-corrected chi connectivity index (χ2v) is 7.28. The molecule has 0 bridgehead atoms. The van der Waals surface area contributed by atoms with Gasteiger partial charge in [0.15, 0.2) is 5.82 Å². The summed E-state index contributed by atoms with van der Waals surface area (Å²) in [5.74, 6) is 0.852. The summed E-state index contributed by atoms with van der Waals surface area (Å²) < 4.78 is 7.57. The fourth-order valence-electron chi connectivity index (χ4n) is 3.62. The van der Waals surface area contributed by atoms with Crippen LogP contribution in [0.25, 0.3) is 28.3 Å². The number of ether oxygens (including phenoxy) is 1. The predicted molar refractivity (Wildman–Crippen MR) is 109 cm³/mol. The van der Waals surface area contributed by atoms with Crippen molar-refractivity contribution in [2.75, 3.05) is 26.3 Å². The number of hydrogen-bond acceptors (Lipinski definition) is 4. The molecule has 7 heteroatoms. The van der Waals surface area contributed by atoms with Crippen LogP contribution in [0.1, 0.15) is 5.69 Å². The summed E-state index contributed by atoms with van der Waals surface area (Å²) in [4.78, 5) is 7.34. The molecule has 3 aromatic heterocycles. The van der Waals surface area contributed by atoms with E-state index in [1.807, 2.05) is 48.7 Å². The smallest absolute Gasteiger partial charge is 0.163 e. The Labute approximate surface area is 167 Å². The lowest BCUT2D eigenvalue weighted by molar-refractivity contribution is 0.0339. The van der Waals surface area contributed by atoms with E-state index in [1.54, 1.807) is 0 Å². The number of nitrogens with zero attached hydrogens (tertiary/aromatic N) is 4. The van der Waals surface area contributed by atoms with Gasteiger partial charge in [-0.2, -0.15) is 5.10 Å². The first kappa shape index (κ1) is 17.4. The van der Waals surface area contributed by atoms with E-state index >= 15 is 0 Å². The topological polar surface area (TPSA) is 58.5 Å². The van der Waals surface area contributed by atoms with Crippen molar-refractivity contribution >= 4 is 17.1 Å². The number of morpholine rings is 1. The molecule has 1 fully saturated rings. The van der Waals surface area contributed by atoms with Crippen LogP contribution in [0, 0.1) is 0 Å². The number of rotatable bonds is 4. The number of imidazole rings is 1. The van der Waals surface area contributed by atoms with E-state index in [4.69, 9.17) is 21.3 Å². The molecule has 142 valence electrons. The van der Waals surface area contributed by atoms with Gasteiger partial charge < -0.3 is 4.74 Å². The fourth-order valence-corrected chi connectivity index (χ4v) is 3.86. The number of pyridine rings is 1. The number of fused-ring (bicyclic) bond motifs is 1. The van der Waals surface area contributed by atoms with Crippen molar-refractivity contribution in [1.82, 2.24) is 24.5 Å². The molecule has 1 saturated heterocycles. The predicted octanol–water partition coefficient (Wildman–Crippen LogP) is 3.88. The van der Waals surface area contributed by atoms with Gasteiger partial charge in [0.1, 0.15) is 5.69 Å². The largest absolute Gasteiger partial charge is 0.379 e. The summed E-state index contributed by atoms with van der Waals surface area (Å²) in [7, 11) is 0. The van der Waals surface area contributed by atoms with Gasteiger partial charge in [0, 0.05) is 31.4 Å². The Morgan fingerprint density at radius 2 is 1.89 bits per heavy atom. The quantitative estimate of drug-likeness (QED) is 0.571. The highest BCUT2D eigenvalue weighted by Crippen LogP contribution is 2.29. The van der Waals surface area contributed by atoms with E-state index in [0.29, 0.717) is 5.02 Å². The zero-order chi connectivity index (χ0) is 18.9.